The summed E-state index contributed by atoms with van der Waals surface area (Å²) in [6.45, 7) is 0.784. The Morgan fingerprint density at radius 1 is 0.511 bits per heavy atom. The number of halogens is 3. The molecule has 7 heteroatoms. The molecule has 0 unspecified atom stereocenters. The zero-order valence-electron chi connectivity index (χ0n) is 25.4. The van der Waals surface area contributed by atoms with Crippen LogP contribution in [0.5, 0.6) is 0 Å². The number of nitrogens with one attached hydrogen (secondary N) is 1. The van der Waals surface area contributed by atoms with Gasteiger partial charge in [-0.15, -0.1) is 0 Å². The molecular formula is C40H31Br3N4. The zero-order chi connectivity index (χ0) is 32.4. The number of alkyl halides is 1. The van der Waals surface area contributed by atoms with E-state index in [9.17, 15) is 0 Å². The summed E-state index contributed by atoms with van der Waals surface area (Å²) >= 11 is 10.5. The molecule has 0 aliphatic carbocycles. The highest BCUT2D eigenvalue weighted by atomic mass is 79.9. The van der Waals surface area contributed by atoms with Crippen molar-refractivity contribution < 1.29 is 0 Å². The number of rotatable bonds is 5. The predicted molar refractivity (Wildman–Crippen MR) is 207 cm³/mol. The lowest BCUT2D eigenvalue weighted by Crippen LogP contribution is -2.02. The van der Waals surface area contributed by atoms with Crippen molar-refractivity contribution in [1.82, 2.24) is 19.5 Å². The average Bonchev–Trinajstić information content (AvgIpc) is 3.73. The number of aromatic amines is 1. The zero-order valence-corrected chi connectivity index (χ0v) is 30.2. The highest BCUT2D eigenvalue weighted by Crippen LogP contribution is 2.27. The number of hydrogen-bond donors (Lipinski definition) is 1. The highest BCUT2D eigenvalue weighted by molar-refractivity contribution is 9.11. The van der Waals surface area contributed by atoms with Gasteiger partial charge in [0.2, 0.25) is 0 Å². The Hall–Kier alpha value is -4.30. The first-order valence-corrected chi connectivity index (χ1v) is 17.8. The third kappa shape index (κ3) is 8.17. The monoisotopic (exact) mass is 804 g/mol. The van der Waals surface area contributed by atoms with Gasteiger partial charge in [0.25, 0.3) is 0 Å². The Morgan fingerprint density at radius 2 is 1.04 bits per heavy atom. The van der Waals surface area contributed by atoms with Gasteiger partial charge in [0.05, 0.1) is 28.6 Å². The van der Waals surface area contributed by atoms with Crippen LogP contribution in [0.4, 0.5) is 0 Å². The van der Waals surface area contributed by atoms with Crippen LogP contribution in [0, 0.1) is 0 Å². The van der Waals surface area contributed by atoms with Gasteiger partial charge in [-0.05, 0) is 47.5 Å². The molecule has 2 heterocycles. The third-order valence-electron chi connectivity index (χ3n) is 7.51. The molecule has 0 bridgehead atoms. The van der Waals surface area contributed by atoms with Gasteiger partial charge in [-0.2, -0.15) is 0 Å². The molecule has 4 nitrogen and oxygen atoms in total. The minimum atomic E-state index is 0.784. The number of benzene rings is 6. The number of fused-ring (bicyclic) bond motifs is 2. The fraction of sp³-hybridized carbons (Fsp3) is 0.0500. The van der Waals surface area contributed by atoms with Crippen LogP contribution in [0.3, 0.4) is 0 Å². The second kappa shape index (κ2) is 16.0. The van der Waals surface area contributed by atoms with E-state index in [-0.39, 0.29) is 0 Å². The number of para-hydroxylation sites is 4. The summed E-state index contributed by atoms with van der Waals surface area (Å²) in [6.07, 6.45) is 0. The lowest BCUT2D eigenvalue weighted by molar-refractivity contribution is 0.831. The Labute approximate surface area is 299 Å². The lowest BCUT2D eigenvalue weighted by atomic mass is 10.2. The molecule has 0 fully saturated rings. The Morgan fingerprint density at radius 3 is 1.66 bits per heavy atom. The Balaban J connectivity index is 0.000000138. The standard InChI is InChI=1S/C20H15BrN2.C13H10N2.C7H6Br2/c21-17-11-5-4-10-16(17)14-23-19-13-7-6-12-18(19)22-20(23)15-8-2-1-3-9-15;1-2-6-10(7-3-1)13-14-11-8-4-5-9-12(11)15-13;8-5-6-3-1-2-4-7(6)9/h1-13H,14H2;1-9H,(H,14,15);1-4H,5H2. The third-order valence-corrected chi connectivity index (χ3v) is 9.66. The summed E-state index contributed by atoms with van der Waals surface area (Å²) in [5.74, 6) is 1.93. The first-order chi connectivity index (χ1) is 23.1. The summed E-state index contributed by atoms with van der Waals surface area (Å²) < 4.78 is 4.57. The van der Waals surface area contributed by atoms with Crippen molar-refractivity contribution in [3.63, 3.8) is 0 Å². The van der Waals surface area contributed by atoms with Gasteiger partial charge in [0.15, 0.2) is 0 Å². The number of aromatic nitrogens is 4. The molecule has 232 valence electrons. The van der Waals surface area contributed by atoms with E-state index in [2.05, 4.69) is 141 Å². The second-order valence-electron chi connectivity index (χ2n) is 10.7. The summed E-state index contributed by atoms with van der Waals surface area (Å²) in [5, 5.41) is 0.911. The molecular weight excluding hydrogens is 776 g/mol. The highest BCUT2D eigenvalue weighted by Gasteiger charge is 2.13. The normalized spacial score (nSPS) is 10.6. The first-order valence-electron chi connectivity index (χ1n) is 15.1. The van der Waals surface area contributed by atoms with Gasteiger partial charge in [-0.1, -0.05) is 169 Å². The van der Waals surface area contributed by atoms with Crippen molar-refractivity contribution in [3.05, 3.63) is 178 Å². The number of hydrogen-bond acceptors (Lipinski definition) is 2. The van der Waals surface area contributed by atoms with E-state index in [1.54, 1.807) is 0 Å². The van der Waals surface area contributed by atoms with E-state index in [0.717, 1.165) is 61.2 Å². The lowest BCUT2D eigenvalue weighted by Gasteiger charge is -2.11. The first kappa shape index (κ1) is 32.6. The van der Waals surface area contributed by atoms with E-state index >= 15 is 0 Å². The summed E-state index contributed by atoms with van der Waals surface area (Å²) in [7, 11) is 0. The molecule has 8 rings (SSSR count). The maximum Gasteiger partial charge on any atom is 0.141 e. The molecule has 0 aliphatic heterocycles. The molecule has 0 aliphatic rings. The fourth-order valence-corrected chi connectivity index (χ4v) is 6.83. The van der Waals surface area contributed by atoms with Crippen molar-refractivity contribution in [1.29, 1.82) is 0 Å². The van der Waals surface area contributed by atoms with Crippen LogP contribution in [0.1, 0.15) is 11.1 Å². The minimum Gasteiger partial charge on any atom is -0.338 e. The maximum atomic E-state index is 4.86. The molecule has 2 aromatic heterocycles. The van der Waals surface area contributed by atoms with Crippen LogP contribution in [0.2, 0.25) is 0 Å². The van der Waals surface area contributed by atoms with Crippen molar-refractivity contribution in [2.45, 2.75) is 11.9 Å². The topological polar surface area (TPSA) is 46.5 Å². The van der Waals surface area contributed by atoms with E-state index in [0.29, 0.717) is 0 Å². The molecule has 0 saturated carbocycles. The van der Waals surface area contributed by atoms with Gasteiger partial charge in [0, 0.05) is 25.4 Å². The van der Waals surface area contributed by atoms with E-state index in [1.807, 2.05) is 78.9 Å². The van der Waals surface area contributed by atoms with Crippen LogP contribution in [-0.4, -0.2) is 19.5 Å². The molecule has 0 amide bonds. The van der Waals surface area contributed by atoms with Gasteiger partial charge in [-0.3, -0.25) is 0 Å². The van der Waals surface area contributed by atoms with E-state index < -0.39 is 0 Å². The van der Waals surface area contributed by atoms with Crippen LogP contribution >= 0.6 is 47.8 Å². The van der Waals surface area contributed by atoms with Gasteiger partial charge in [-0.25, -0.2) is 9.97 Å². The van der Waals surface area contributed by atoms with Gasteiger partial charge < -0.3 is 9.55 Å². The summed E-state index contributed by atoms with van der Waals surface area (Å²) in [5.41, 5.74) is 9.06. The molecule has 47 heavy (non-hydrogen) atoms. The largest absolute Gasteiger partial charge is 0.338 e. The molecule has 6 aromatic carbocycles. The van der Waals surface area contributed by atoms with E-state index in [1.165, 1.54) is 15.6 Å². The summed E-state index contributed by atoms with van der Waals surface area (Å²) in [6, 6.07) is 53.4. The Kier molecular flexibility index (Phi) is 11.1. The predicted octanol–water partition coefficient (Wildman–Crippen LogP) is 12.1. The smallest absolute Gasteiger partial charge is 0.141 e. The Bertz CT molecular complexity index is 2160. The van der Waals surface area contributed by atoms with Crippen molar-refractivity contribution >= 4 is 69.9 Å². The van der Waals surface area contributed by atoms with Crippen molar-refractivity contribution in [3.8, 4) is 22.8 Å². The van der Waals surface area contributed by atoms with Gasteiger partial charge >= 0.3 is 0 Å². The molecule has 1 N–H and O–H groups in total. The SMILES string of the molecule is BrCc1ccccc1Br.Brc1ccccc1Cn1c(-c2ccccc2)nc2ccccc21.c1ccc(-c2nc3ccccc3[nH]2)cc1. The molecule has 0 atom stereocenters. The minimum absolute atomic E-state index is 0.784. The second-order valence-corrected chi connectivity index (χ2v) is 12.9. The number of imidazole rings is 2. The average molecular weight is 807 g/mol. The molecule has 0 radical (unpaired) electrons. The van der Waals surface area contributed by atoms with Crippen molar-refractivity contribution in [2.24, 2.45) is 0 Å². The molecule has 0 saturated heterocycles. The van der Waals surface area contributed by atoms with Crippen LogP contribution in [0.15, 0.2) is 167 Å². The van der Waals surface area contributed by atoms with Gasteiger partial charge in [0.1, 0.15) is 11.6 Å². The van der Waals surface area contributed by atoms with Crippen LogP contribution < -0.4 is 0 Å². The van der Waals surface area contributed by atoms with Crippen molar-refractivity contribution in [2.75, 3.05) is 0 Å². The molecule has 8 aromatic rings. The summed E-state index contributed by atoms with van der Waals surface area (Å²) in [4.78, 5) is 12.7. The molecule has 0 spiro atoms. The fourth-order valence-electron chi connectivity index (χ4n) is 5.13. The van der Waals surface area contributed by atoms with E-state index in [4.69, 9.17) is 4.98 Å². The maximum absolute atomic E-state index is 4.86. The quantitative estimate of drug-likeness (QED) is 0.176. The number of H-pyrrole nitrogens is 1. The van der Waals surface area contributed by atoms with Crippen LogP contribution in [0.25, 0.3) is 44.8 Å². The number of nitrogens with zero attached hydrogens (tertiary/aromatic N) is 3. The van der Waals surface area contributed by atoms with Crippen LogP contribution in [-0.2, 0) is 11.9 Å².